The fraction of sp³-hybridized carbons (Fsp3) is 0.286. The van der Waals surface area contributed by atoms with Crippen molar-refractivity contribution in [3.8, 4) is 11.3 Å². The summed E-state index contributed by atoms with van der Waals surface area (Å²) in [6.45, 7) is 5.08. The Morgan fingerprint density at radius 3 is 2.89 bits per heavy atom. The van der Waals surface area contributed by atoms with Crippen molar-refractivity contribution in [3.05, 3.63) is 36.3 Å². The largest absolute Gasteiger partial charge is 0.383 e. The summed E-state index contributed by atoms with van der Waals surface area (Å²) in [4.78, 5) is 4.58. The average Bonchev–Trinajstić information content (AvgIpc) is 2.96. The quantitative estimate of drug-likeness (QED) is 0.782. The van der Waals surface area contributed by atoms with E-state index in [1.165, 1.54) is 0 Å². The Hall–Kier alpha value is -2.30. The fourth-order valence-electron chi connectivity index (χ4n) is 2.22. The van der Waals surface area contributed by atoms with Gasteiger partial charge in [0.15, 0.2) is 0 Å². The summed E-state index contributed by atoms with van der Waals surface area (Å²) in [5.74, 6) is 0.662. The monoisotopic (exact) mass is 255 g/mol. The third-order valence-electron chi connectivity index (χ3n) is 3.16. The molecule has 0 amide bonds. The summed E-state index contributed by atoms with van der Waals surface area (Å²) in [6, 6.07) is 4.01. The Bertz CT molecular complexity index is 723. The van der Waals surface area contributed by atoms with Crippen molar-refractivity contribution in [2.45, 2.75) is 26.8 Å². The SMILES string of the molecule is CCCn1cc(-c2nc3ccc(C)cn3c2N)cn1. The first-order chi connectivity index (χ1) is 9.19. The van der Waals surface area contributed by atoms with E-state index < -0.39 is 0 Å². The molecule has 0 saturated carbocycles. The van der Waals surface area contributed by atoms with Crippen molar-refractivity contribution in [3.63, 3.8) is 0 Å². The lowest BCUT2D eigenvalue weighted by Gasteiger charge is -1.98. The standard InChI is InChI=1S/C14H17N5/c1-3-6-18-9-11(7-16-18)13-14(15)19-8-10(2)4-5-12(19)17-13/h4-5,7-9H,3,6,15H2,1-2H3. The molecule has 0 radical (unpaired) electrons. The van der Waals surface area contributed by atoms with Gasteiger partial charge in [-0.25, -0.2) is 4.98 Å². The molecule has 19 heavy (non-hydrogen) atoms. The molecule has 0 aliphatic carbocycles. The van der Waals surface area contributed by atoms with Gasteiger partial charge in [0.05, 0.1) is 6.20 Å². The van der Waals surface area contributed by atoms with E-state index in [2.05, 4.69) is 17.0 Å². The van der Waals surface area contributed by atoms with Crippen LogP contribution in [-0.2, 0) is 6.54 Å². The van der Waals surface area contributed by atoms with Gasteiger partial charge in [-0.15, -0.1) is 0 Å². The van der Waals surface area contributed by atoms with E-state index in [9.17, 15) is 0 Å². The molecule has 3 rings (SSSR count). The summed E-state index contributed by atoms with van der Waals surface area (Å²) in [5, 5.41) is 4.32. The molecule has 3 aromatic rings. The molecule has 0 aliphatic heterocycles. The van der Waals surface area contributed by atoms with Crippen LogP contribution in [0.4, 0.5) is 5.82 Å². The van der Waals surface area contributed by atoms with E-state index in [-0.39, 0.29) is 0 Å². The van der Waals surface area contributed by atoms with Crippen molar-refractivity contribution < 1.29 is 0 Å². The van der Waals surface area contributed by atoms with Crippen LogP contribution in [0, 0.1) is 6.92 Å². The van der Waals surface area contributed by atoms with Gasteiger partial charge in [-0.05, 0) is 25.0 Å². The Morgan fingerprint density at radius 1 is 1.26 bits per heavy atom. The number of rotatable bonds is 3. The molecule has 0 unspecified atom stereocenters. The number of nitrogens with zero attached hydrogens (tertiary/aromatic N) is 4. The second kappa shape index (κ2) is 4.42. The van der Waals surface area contributed by atoms with E-state index in [0.29, 0.717) is 5.82 Å². The summed E-state index contributed by atoms with van der Waals surface area (Å²) < 4.78 is 3.84. The molecule has 5 nitrogen and oxygen atoms in total. The Kier molecular flexibility index (Phi) is 2.74. The maximum atomic E-state index is 6.19. The molecule has 0 bridgehead atoms. The zero-order valence-electron chi connectivity index (χ0n) is 11.2. The number of anilines is 1. The highest BCUT2D eigenvalue weighted by Gasteiger charge is 2.12. The molecular weight excluding hydrogens is 238 g/mol. The molecular formula is C14H17N5. The van der Waals surface area contributed by atoms with Crippen molar-refractivity contribution in [2.75, 3.05) is 5.73 Å². The van der Waals surface area contributed by atoms with Crippen molar-refractivity contribution in [1.82, 2.24) is 19.2 Å². The van der Waals surface area contributed by atoms with Crippen LogP contribution < -0.4 is 5.73 Å². The zero-order valence-corrected chi connectivity index (χ0v) is 11.2. The molecule has 0 spiro atoms. The number of nitrogens with two attached hydrogens (primary N) is 1. The van der Waals surface area contributed by atoms with Gasteiger partial charge in [-0.1, -0.05) is 13.0 Å². The van der Waals surface area contributed by atoms with E-state index in [0.717, 1.165) is 35.4 Å². The molecule has 0 aliphatic rings. The maximum absolute atomic E-state index is 6.19. The Labute approximate surface area is 111 Å². The van der Waals surface area contributed by atoms with E-state index >= 15 is 0 Å². The number of aromatic nitrogens is 4. The highest BCUT2D eigenvalue weighted by Crippen LogP contribution is 2.26. The fourth-order valence-corrected chi connectivity index (χ4v) is 2.22. The van der Waals surface area contributed by atoms with Crippen LogP contribution in [0.3, 0.4) is 0 Å². The first-order valence-corrected chi connectivity index (χ1v) is 6.46. The van der Waals surface area contributed by atoms with Crippen LogP contribution in [0.15, 0.2) is 30.7 Å². The lowest BCUT2D eigenvalue weighted by atomic mass is 10.2. The molecule has 0 atom stereocenters. The minimum absolute atomic E-state index is 0.662. The van der Waals surface area contributed by atoms with Crippen molar-refractivity contribution in [1.29, 1.82) is 0 Å². The van der Waals surface area contributed by atoms with Gasteiger partial charge in [-0.2, -0.15) is 5.10 Å². The van der Waals surface area contributed by atoms with Crippen LogP contribution in [-0.4, -0.2) is 19.2 Å². The number of hydrogen-bond acceptors (Lipinski definition) is 3. The van der Waals surface area contributed by atoms with Crippen LogP contribution in [0.25, 0.3) is 16.9 Å². The minimum atomic E-state index is 0.662. The summed E-state index contributed by atoms with van der Waals surface area (Å²) >= 11 is 0. The minimum Gasteiger partial charge on any atom is -0.383 e. The summed E-state index contributed by atoms with van der Waals surface area (Å²) in [7, 11) is 0. The summed E-state index contributed by atoms with van der Waals surface area (Å²) in [6.07, 6.45) is 6.87. The number of pyridine rings is 1. The number of imidazole rings is 1. The molecule has 0 fully saturated rings. The van der Waals surface area contributed by atoms with Crippen LogP contribution in [0.2, 0.25) is 0 Å². The lowest BCUT2D eigenvalue weighted by Crippen LogP contribution is -1.96. The van der Waals surface area contributed by atoms with Gasteiger partial charge in [0.1, 0.15) is 17.2 Å². The van der Waals surface area contributed by atoms with Gasteiger partial charge in [-0.3, -0.25) is 9.08 Å². The van der Waals surface area contributed by atoms with Gasteiger partial charge in [0.2, 0.25) is 0 Å². The predicted octanol–water partition coefficient (Wildman–Crippen LogP) is 2.50. The zero-order chi connectivity index (χ0) is 13.4. The Morgan fingerprint density at radius 2 is 2.11 bits per heavy atom. The third kappa shape index (κ3) is 1.97. The Balaban J connectivity index is 2.11. The first-order valence-electron chi connectivity index (χ1n) is 6.46. The third-order valence-corrected chi connectivity index (χ3v) is 3.16. The van der Waals surface area contributed by atoms with Gasteiger partial charge < -0.3 is 5.73 Å². The highest BCUT2D eigenvalue weighted by molar-refractivity contribution is 5.74. The van der Waals surface area contributed by atoms with E-state index in [1.54, 1.807) is 0 Å². The number of fused-ring (bicyclic) bond motifs is 1. The van der Waals surface area contributed by atoms with Gasteiger partial charge in [0, 0.05) is 24.5 Å². The smallest absolute Gasteiger partial charge is 0.139 e. The molecule has 98 valence electrons. The molecule has 0 saturated heterocycles. The lowest BCUT2D eigenvalue weighted by molar-refractivity contribution is 0.603. The highest BCUT2D eigenvalue weighted by atomic mass is 15.3. The van der Waals surface area contributed by atoms with E-state index in [1.807, 2.05) is 46.7 Å². The maximum Gasteiger partial charge on any atom is 0.139 e. The summed E-state index contributed by atoms with van der Waals surface area (Å²) in [5.41, 5.74) is 9.97. The predicted molar refractivity (Wildman–Crippen MR) is 75.9 cm³/mol. The number of aryl methyl sites for hydroxylation is 2. The molecule has 0 aromatic carbocycles. The molecule has 3 aromatic heterocycles. The van der Waals surface area contributed by atoms with E-state index in [4.69, 9.17) is 5.73 Å². The normalized spacial score (nSPS) is 11.3. The number of nitrogen functional groups attached to an aromatic ring is 1. The second-order valence-corrected chi connectivity index (χ2v) is 4.77. The topological polar surface area (TPSA) is 61.1 Å². The van der Waals surface area contributed by atoms with Gasteiger partial charge >= 0.3 is 0 Å². The first kappa shape index (κ1) is 11.8. The second-order valence-electron chi connectivity index (χ2n) is 4.77. The van der Waals surface area contributed by atoms with Crippen LogP contribution in [0.1, 0.15) is 18.9 Å². The van der Waals surface area contributed by atoms with Crippen molar-refractivity contribution >= 4 is 11.5 Å². The molecule has 2 N–H and O–H groups in total. The van der Waals surface area contributed by atoms with Gasteiger partial charge in [0.25, 0.3) is 0 Å². The molecule has 3 heterocycles. The number of hydrogen-bond donors (Lipinski definition) is 1. The molecule has 5 heteroatoms. The van der Waals surface area contributed by atoms with Crippen molar-refractivity contribution in [2.24, 2.45) is 0 Å². The average molecular weight is 255 g/mol. The van der Waals surface area contributed by atoms with Crippen LogP contribution >= 0.6 is 0 Å². The van der Waals surface area contributed by atoms with Crippen LogP contribution in [0.5, 0.6) is 0 Å².